The van der Waals surface area contributed by atoms with Crippen LogP contribution in [0.1, 0.15) is 6.92 Å². The van der Waals surface area contributed by atoms with E-state index in [0.29, 0.717) is 5.82 Å². The normalized spacial score (nSPS) is 10.5. The van der Waals surface area contributed by atoms with Crippen molar-refractivity contribution in [2.75, 3.05) is 12.0 Å². The summed E-state index contributed by atoms with van der Waals surface area (Å²) in [7, 11) is 0. The zero-order valence-electron chi connectivity index (χ0n) is 7.89. The molecule has 0 saturated carbocycles. The van der Waals surface area contributed by atoms with Gasteiger partial charge in [0.1, 0.15) is 6.07 Å². The van der Waals surface area contributed by atoms with E-state index in [2.05, 4.69) is 30.7 Å². The zero-order valence-corrected chi connectivity index (χ0v) is 7.89. The molecular weight excluding hydrogens is 200 g/mol. The predicted octanol–water partition coefficient (Wildman–Crippen LogP) is -0.341. The lowest BCUT2D eigenvalue weighted by Gasteiger charge is -1.98. The second-order valence-corrected chi connectivity index (χ2v) is 2.26. The Hall–Kier alpha value is -2.43. The Morgan fingerprint density at radius 1 is 1.87 bits per heavy atom. The summed E-state index contributed by atoms with van der Waals surface area (Å²) in [6, 6.07) is 1.60. The number of nitriles is 1. The molecule has 0 amide bonds. The Kier molecular flexibility index (Phi) is 3.79. The van der Waals surface area contributed by atoms with Crippen molar-refractivity contribution in [3.63, 3.8) is 0 Å². The van der Waals surface area contributed by atoms with Crippen molar-refractivity contribution in [1.29, 1.82) is 5.26 Å². The fourth-order valence-electron chi connectivity index (χ4n) is 0.684. The van der Waals surface area contributed by atoms with Crippen LogP contribution in [0.25, 0.3) is 0 Å². The van der Waals surface area contributed by atoms with E-state index in [1.54, 1.807) is 13.0 Å². The van der Waals surface area contributed by atoms with Crippen LogP contribution in [0.15, 0.2) is 11.3 Å². The first-order chi connectivity index (χ1) is 7.27. The molecule has 0 aliphatic heterocycles. The number of nitrogens with one attached hydrogen (secondary N) is 2. The molecule has 8 heteroatoms. The molecule has 0 spiro atoms. The van der Waals surface area contributed by atoms with Gasteiger partial charge in [-0.25, -0.2) is 4.79 Å². The maximum Gasteiger partial charge on any atom is 0.369 e. The van der Waals surface area contributed by atoms with Crippen molar-refractivity contribution in [2.45, 2.75) is 6.92 Å². The van der Waals surface area contributed by atoms with Crippen molar-refractivity contribution < 1.29 is 9.53 Å². The molecule has 0 radical (unpaired) electrons. The van der Waals surface area contributed by atoms with Gasteiger partial charge in [0.2, 0.25) is 5.71 Å². The summed E-state index contributed by atoms with van der Waals surface area (Å²) in [6.07, 6.45) is 1.35. The minimum Gasteiger partial charge on any atom is -0.461 e. The smallest absolute Gasteiger partial charge is 0.369 e. The Labute approximate surface area is 84.9 Å². The third-order valence-electron chi connectivity index (χ3n) is 1.27. The minimum absolute atomic E-state index is 0.184. The van der Waals surface area contributed by atoms with E-state index in [4.69, 9.17) is 5.26 Å². The van der Waals surface area contributed by atoms with Crippen molar-refractivity contribution in [3.05, 3.63) is 6.20 Å². The largest absolute Gasteiger partial charge is 0.461 e. The van der Waals surface area contributed by atoms with Gasteiger partial charge in [-0.2, -0.15) is 20.7 Å². The van der Waals surface area contributed by atoms with E-state index in [-0.39, 0.29) is 12.3 Å². The zero-order chi connectivity index (χ0) is 11.1. The highest BCUT2D eigenvalue weighted by atomic mass is 16.5. The van der Waals surface area contributed by atoms with Crippen molar-refractivity contribution in [3.8, 4) is 6.07 Å². The van der Waals surface area contributed by atoms with Crippen molar-refractivity contribution in [2.24, 2.45) is 5.10 Å². The molecule has 78 valence electrons. The number of aromatic amines is 1. The molecule has 2 N–H and O–H groups in total. The van der Waals surface area contributed by atoms with Gasteiger partial charge in [0.25, 0.3) is 0 Å². The molecular formula is C7H8N6O2. The summed E-state index contributed by atoms with van der Waals surface area (Å²) in [5.74, 6) is -0.483. The molecule has 8 nitrogen and oxygen atoms in total. The lowest BCUT2D eigenvalue weighted by Crippen LogP contribution is -2.17. The lowest BCUT2D eigenvalue weighted by atomic mass is 10.4. The monoisotopic (exact) mass is 208 g/mol. The third kappa shape index (κ3) is 3.07. The minimum atomic E-state index is -0.781. The number of anilines is 1. The molecule has 0 aromatic carbocycles. The standard InChI is InChI=1S/C7H8N6O2/c1-2-15-7(14)5(3-8)10-11-6-4-9-13-12-6/h4H,2H2,1H3,(H2,9,11,12,13)/b10-5+. The molecule has 15 heavy (non-hydrogen) atoms. The number of hydrogen-bond acceptors (Lipinski definition) is 7. The topological polar surface area (TPSA) is 116 Å². The number of hydrazone groups is 1. The van der Waals surface area contributed by atoms with Crippen LogP contribution in [-0.4, -0.2) is 33.7 Å². The summed E-state index contributed by atoms with van der Waals surface area (Å²) in [5, 5.41) is 21.5. The van der Waals surface area contributed by atoms with Crippen LogP contribution in [-0.2, 0) is 9.53 Å². The Morgan fingerprint density at radius 3 is 3.20 bits per heavy atom. The first kappa shape index (κ1) is 10.6. The molecule has 1 aromatic heterocycles. The molecule has 0 bridgehead atoms. The van der Waals surface area contributed by atoms with Crippen LogP contribution in [0.3, 0.4) is 0 Å². The molecule has 0 aliphatic rings. The van der Waals surface area contributed by atoms with Gasteiger partial charge in [0.05, 0.1) is 12.8 Å². The van der Waals surface area contributed by atoms with E-state index in [0.717, 1.165) is 0 Å². The first-order valence-electron chi connectivity index (χ1n) is 4.04. The molecule has 0 atom stereocenters. The fraction of sp³-hybridized carbons (Fsp3) is 0.286. The number of aromatic nitrogens is 3. The molecule has 0 unspecified atom stereocenters. The molecule has 0 fully saturated rings. The van der Waals surface area contributed by atoms with Gasteiger partial charge in [-0.1, -0.05) is 0 Å². The number of H-pyrrole nitrogens is 1. The highest BCUT2D eigenvalue weighted by Gasteiger charge is 2.11. The Bertz CT molecular complexity index is 390. The van der Waals surface area contributed by atoms with Gasteiger partial charge in [0.15, 0.2) is 5.82 Å². The van der Waals surface area contributed by atoms with E-state index in [1.807, 2.05) is 0 Å². The van der Waals surface area contributed by atoms with Gasteiger partial charge < -0.3 is 4.74 Å². The third-order valence-corrected chi connectivity index (χ3v) is 1.27. The van der Waals surface area contributed by atoms with Gasteiger partial charge >= 0.3 is 5.97 Å². The highest BCUT2D eigenvalue weighted by molar-refractivity contribution is 6.43. The predicted molar refractivity (Wildman–Crippen MR) is 49.7 cm³/mol. The Morgan fingerprint density at radius 2 is 2.67 bits per heavy atom. The van der Waals surface area contributed by atoms with Crippen LogP contribution in [0, 0.1) is 11.3 Å². The van der Waals surface area contributed by atoms with Crippen LogP contribution in [0.5, 0.6) is 0 Å². The van der Waals surface area contributed by atoms with E-state index in [9.17, 15) is 4.79 Å². The van der Waals surface area contributed by atoms with Crippen LogP contribution in [0.2, 0.25) is 0 Å². The van der Waals surface area contributed by atoms with Crippen LogP contribution < -0.4 is 5.43 Å². The van der Waals surface area contributed by atoms with Gasteiger partial charge in [-0.15, -0.1) is 5.10 Å². The maximum atomic E-state index is 11.1. The summed E-state index contributed by atoms with van der Waals surface area (Å²) in [6.45, 7) is 1.82. The Balaban J connectivity index is 2.63. The number of esters is 1. The number of nitrogens with zero attached hydrogens (tertiary/aromatic N) is 4. The van der Waals surface area contributed by atoms with Crippen LogP contribution in [0.4, 0.5) is 5.82 Å². The summed E-state index contributed by atoms with van der Waals surface area (Å²) < 4.78 is 4.59. The van der Waals surface area contributed by atoms with Gasteiger partial charge in [-0.3, -0.25) is 5.43 Å². The van der Waals surface area contributed by atoms with Crippen molar-refractivity contribution >= 4 is 17.5 Å². The second-order valence-electron chi connectivity index (χ2n) is 2.26. The summed E-state index contributed by atoms with van der Waals surface area (Å²) >= 11 is 0. The van der Waals surface area contributed by atoms with Crippen LogP contribution >= 0.6 is 0 Å². The van der Waals surface area contributed by atoms with Crippen molar-refractivity contribution in [1.82, 2.24) is 15.4 Å². The number of rotatable bonds is 4. The van der Waals surface area contributed by atoms with E-state index in [1.165, 1.54) is 6.20 Å². The highest BCUT2D eigenvalue weighted by Crippen LogP contribution is 1.95. The van der Waals surface area contributed by atoms with Gasteiger partial charge in [0, 0.05) is 0 Å². The van der Waals surface area contributed by atoms with Gasteiger partial charge in [-0.05, 0) is 6.92 Å². The second kappa shape index (κ2) is 5.33. The molecule has 1 heterocycles. The summed E-state index contributed by atoms with van der Waals surface area (Å²) in [4.78, 5) is 11.1. The maximum absolute atomic E-state index is 11.1. The first-order valence-corrected chi connectivity index (χ1v) is 4.04. The summed E-state index contributed by atoms with van der Waals surface area (Å²) in [5.41, 5.74) is 2.00. The number of ether oxygens (including phenoxy) is 1. The average molecular weight is 208 g/mol. The number of hydrogen-bond donors (Lipinski definition) is 2. The van der Waals surface area contributed by atoms with E-state index >= 15 is 0 Å². The SMILES string of the molecule is CCOC(=O)/C(C#N)=N/Nc1cn[nH]n1. The van der Waals surface area contributed by atoms with E-state index < -0.39 is 5.97 Å². The average Bonchev–Trinajstić information content (AvgIpc) is 2.72. The lowest BCUT2D eigenvalue weighted by molar-refractivity contribution is -0.134. The molecule has 1 aromatic rings. The number of carbonyl (C=O) groups excluding carboxylic acids is 1. The molecule has 0 saturated heterocycles. The molecule has 1 rings (SSSR count). The quantitative estimate of drug-likeness (QED) is 0.397. The number of carbonyl (C=O) groups is 1. The molecule has 0 aliphatic carbocycles. The fourth-order valence-corrected chi connectivity index (χ4v) is 0.684.